The van der Waals surface area contributed by atoms with Crippen molar-refractivity contribution < 1.29 is 14.6 Å². The van der Waals surface area contributed by atoms with Crippen LogP contribution in [0.5, 0.6) is 0 Å². The number of nitrogens with zero attached hydrogens (tertiary/aromatic N) is 1. The van der Waals surface area contributed by atoms with E-state index in [9.17, 15) is 4.79 Å². The van der Waals surface area contributed by atoms with Gasteiger partial charge in [-0.2, -0.15) is 0 Å². The third-order valence-electron chi connectivity index (χ3n) is 2.69. The number of hydrogen-bond donors (Lipinski definition) is 1. The Morgan fingerprint density at radius 3 is 2.80 bits per heavy atom. The number of likely N-dealkylation sites (tertiary alicyclic amines) is 1. The van der Waals surface area contributed by atoms with Crippen molar-refractivity contribution in [1.82, 2.24) is 4.90 Å². The standard InChI is InChI=1S/C11H21NO3/c1-2-3-5-15-6-4-12-8-10(9-12)7-11(13)14/h10H,2-9H2,1H3,(H,13,14). The van der Waals surface area contributed by atoms with Gasteiger partial charge >= 0.3 is 5.97 Å². The lowest BCUT2D eigenvalue weighted by Gasteiger charge is -2.38. The Hall–Kier alpha value is -0.610. The summed E-state index contributed by atoms with van der Waals surface area (Å²) < 4.78 is 5.44. The van der Waals surface area contributed by atoms with Crippen molar-refractivity contribution in [2.45, 2.75) is 26.2 Å². The molecule has 1 N–H and O–H groups in total. The van der Waals surface area contributed by atoms with Gasteiger partial charge in [-0.15, -0.1) is 0 Å². The molecule has 0 aromatic carbocycles. The summed E-state index contributed by atoms with van der Waals surface area (Å²) in [5, 5.41) is 8.57. The van der Waals surface area contributed by atoms with E-state index in [1.165, 1.54) is 6.42 Å². The lowest BCUT2D eigenvalue weighted by atomic mass is 9.97. The summed E-state index contributed by atoms with van der Waals surface area (Å²) in [7, 11) is 0. The number of rotatable bonds is 8. The van der Waals surface area contributed by atoms with E-state index < -0.39 is 5.97 Å². The molecule has 1 heterocycles. The van der Waals surface area contributed by atoms with Crippen molar-refractivity contribution in [2.24, 2.45) is 5.92 Å². The molecule has 0 saturated carbocycles. The van der Waals surface area contributed by atoms with Crippen LogP contribution in [0.1, 0.15) is 26.2 Å². The lowest BCUT2D eigenvalue weighted by molar-refractivity contribution is -0.139. The largest absolute Gasteiger partial charge is 0.481 e. The quantitative estimate of drug-likeness (QED) is 0.618. The average Bonchev–Trinajstić information content (AvgIpc) is 2.12. The third kappa shape index (κ3) is 5.14. The van der Waals surface area contributed by atoms with Gasteiger partial charge in [-0.1, -0.05) is 13.3 Å². The molecule has 1 aliphatic rings. The predicted octanol–water partition coefficient (Wildman–Crippen LogP) is 1.21. The molecule has 1 rings (SSSR count). The molecular weight excluding hydrogens is 194 g/mol. The fourth-order valence-electron chi connectivity index (χ4n) is 1.78. The van der Waals surface area contributed by atoms with E-state index in [4.69, 9.17) is 9.84 Å². The normalized spacial score (nSPS) is 17.7. The second kappa shape index (κ2) is 6.80. The first-order valence-electron chi connectivity index (χ1n) is 5.74. The van der Waals surface area contributed by atoms with Crippen molar-refractivity contribution >= 4 is 5.97 Å². The number of unbranched alkanes of at least 4 members (excludes halogenated alkanes) is 1. The van der Waals surface area contributed by atoms with Crippen LogP contribution in [-0.2, 0) is 9.53 Å². The molecule has 1 saturated heterocycles. The van der Waals surface area contributed by atoms with Crippen molar-refractivity contribution in [3.8, 4) is 0 Å². The van der Waals surface area contributed by atoms with E-state index in [1.54, 1.807) is 0 Å². The van der Waals surface area contributed by atoms with Crippen molar-refractivity contribution in [2.75, 3.05) is 32.8 Å². The molecule has 1 aliphatic heterocycles. The monoisotopic (exact) mass is 215 g/mol. The summed E-state index contributed by atoms with van der Waals surface area (Å²) >= 11 is 0. The Bertz CT molecular complexity index is 190. The number of carboxylic acids is 1. The van der Waals surface area contributed by atoms with Crippen LogP contribution in [0.3, 0.4) is 0 Å². The second-order valence-corrected chi connectivity index (χ2v) is 4.19. The first kappa shape index (κ1) is 12.5. The number of hydrogen-bond acceptors (Lipinski definition) is 3. The molecule has 0 aliphatic carbocycles. The molecule has 0 radical (unpaired) electrons. The number of ether oxygens (including phenoxy) is 1. The van der Waals surface area contributed by atoms with Gasteiger partial charge in [0.1, 0.15) is 0 Å². The van der Waals surface area contributed by atoms with Crippen molar-refractivity contribution in [3.63, 3.8) is 0 Å². The molecule has 88 valence electrons. The van der Waals surface area contributed by atoms with Crippen LogP contribution in [0.15, 0.2) is 0 Å². The van der Waals surface area contributed by atoms with Crippen LogP contribution >= 0.6 is 0 Å². The highest BCUT2D eigenvalue weighted by Crippen LogP contribution is 2.18. The van der Waals surface area contributed by atoms with Crippen LogP contribution in [0.25, 0.3) is 0 Å². The predicted molar refractivity (Wildman–Crippen MR) is 57.9 cm³/mol. The van der Waals surface area contributed by atoms with Crippen molar-refractivity contribution in [1.29, 1.82) is 0 Å². The average molecular weight is 215 g/mol. The molecule has 4 nitrogen and oxygen atoms in total. The minimum absolute atomic E-state index is 0.313. The zero-order valence-electron chi connectivity index (χ0n) is 9.45. The second-order valence-electron chi connectivity index (χ2n) is 4.19. The van der Waals surface area contributed by atoms with Gasteiger partial charge in [-0.3, -0.25) is 4.79 Å². The van der Waals surface area contributed by atoms with Crippen LogP contribution < -0.4 is 0 Å². The minimum Gasteiger partial charge on any atom is -0.481 e. The SMILES string of the molecule is CCCCOCCN1CC(CC(=O)O)C1. The Morgan fingerprint density at radius 1 is 1.47 bits per heavy atom. The molecule has 1 fully saturated rings. The van der Waals surface area contributed by atoms with Gasteiger partial charge in [-0.25, -0.2) is 0 Å². The van der Waals surface area contributed by atoms with E-state index in [-0.39, 0.29) is 0 Å². The molecule has 0 aromatic rings. The highest BCUT2D eigenvalue weighted by molar-refractivity contribution is 5.67. The van der Waals surface area contributed by atoms with E-state index >= 15 is 0 Å². The summed E-state index contributed by atoms with van der Waals surface area (Å²) in [6.07, 6.45) is 2.61. The van der Waals surface area contributed by atoms with Gasteiger partial charge in [0, 0.05) is 26.2 Å². The van der Waals surface area contributed by atoms with E-state index in [1.807, 2.05) is 0 Å². The van der Waals surface area contributed by atoms with Gasteiger partial charge in [0.15, 0.2) is 0 Å². The number of aliphatic carboxylic acids is 1. The molecule has 0 amide bonds. The minimum atomic E-state index is -0.682. The lowest BCUT2D eigenvalue weighted by Crippen LogP contribution is -2.48. The Labute approximate surface area is 91.2 Å². The first-order valence-corrected chi connectivity index (χ1v) is 5.74. The molecule has 0 aromatic heterocycles. The maximum atomic E-state index is 10.4. The Morgan fingerprint density at radius 2 is 2.20 bits per heavy atom. The number of carbonyl (C=O) groups is 1. The fourth-order valence-corrected chi connectivity index (χ4v) is 1.78. The highest BCUT2D eigenvalue weighted by atomic mass is 16.5. The van der Waals surface area contributed by atoms with Gasteiger partial charge in [0.2, 0.25) is 0 Å². The molecule has 4 heteroatoms. The molecule has 0 bridgehead atoms. The van der Waals surface area contributed by atoms with Crippen LogP contribution in [0.2, 0.25) is 0 Å². The smallest absolute Gasteiger partial charge is 0.303 e. The van der Waals surface area contributed by atoms with Crippen LogP contribution in [0.4, 0.5) is 0 Å². The maximum absolute atomic E-state index is 10.4. The van der Waals surface area contributed by atoms with Gasteiger partial charge in [0.25, 0.3) is 0 Å². The van der Waals surface area contributed by atoms with Crippen LogP contribution in [-0.4, -0.2) is 48.8 Å². The van der Waals surface area contributed by atoms with E-state index in [2.05, 4.69) is 11.8 Å². The summed E-state index contributed by atoms with van der Waals surface area (Å²) in [6.45, 7) is 6.56. The molecule has 0 unspecified atom stereocenters. The molecule has 15 heavy (non-hydrogen) atoms. The fraction of sp³-hybridized carbons (Fsp3) is 0.909. The van der Waals surface area contributed by atoms with Gasteiger partial charge in [0.05, 0.1) is 13.0 Å². The highest BCUT2D eigenvalue weighted by Gasteiger charge is 2.27. The summed E-state index contributed by atoms with van der Waals surface area (Å²) in [5.41, 5.74) is 0. The van der Waals surface area contributed by atoms with Gasteiger partial charge in [-0.05, 0) is 12.3 Å². The zero-order valence-corrected chi connectivity index (χ0v) is 9.45. The Kier molecular flexibility index (Phi) is 5.65. The summed E-state index contributed by atoms with van der Waals surface area (Å²) in [6, 6.07) is 0. The maximum Gasteiger partial charge on any atom is 0.303 e. The number of carboxylic acid groups (broad SMARTS) is 1. The van der Waals surface area contributed by atoms with E-state index in [0.29, 0.717) is 12.3 Å². The third-order valence-corrected chi connectivity index (χ3v) is 2.69. The molecule has 0 spiro atoms. The summed E-state index contributed by atoms with van der Waals surface area (Å²) in [5.74, 6) is -0.322. The summed E-state index contributed by atoms with van der Waals surface area (Å²) in [4.78, 5) is 12.6. The van der Waals surface area contributed by atoms with Gasteiger partial charge < -0.3 is 14.7 Å². The van der Waals surface area contributed by atoms with Crippen molar-refractivity contribution in [3.05, 3.63) is 0 Å². The van der Waals surface area contributed by atoms with Crippen LogP contribution in [0, 0.1) is 5.92 Å². The first-order chi connectivity index (χ1) is 7.22. The molecule has 0 atom stereocenters. The Balaban J connectivity index is 1.87. The topological polar surface area (TPSA) is 49.8 Å². The van der Waals surface area contributed by atoms with E-state index in [0.717, 1.165) is 39.3 Å². The molecular formula is C11H21NO3. The zero-order chi connectivity index (χ0) is 11.1.